The SMILES string of the molecule is CC[C@H](NS(=O)(=O)c1cc(C(=O)OC)ccc1C)c1ccc(OC)cc1. The fourth-order valence-corrected chi connectivity index (χ4v) is 4.19. The second kappa shape index (κ2) is 8.33. The molecule has 1 atom stereocenters. The molecule has 140 valence electrons. The number of hydrogen-bond donors (Lipinski definition) is 1. The van der Waals surface area contributed by atoms with Crippen LogP contribution < -0.4 is 9.46 Å². The van der Waals surface area contributed by atoms with Gasteiger partial charge in [-0.1, -0.05) is 25.1 Å². The third-order valence-electron chi connectivity index (χ3n) is 4.12. The molecule has 0 heterocycles. The molecule has 0 aliphatic heterocycles. The molecular formula is C19H23NO5S. The predicted molar refractivity (Wildman–Crippen MR) is 98.9 cm³/mol. The molecule has 0 amide bonds. The number of carbonyl (C=O) groups is 1. The van der Waals surface area contributed by atoms with E-state index in [1.165, 1.54) is 13.2 Å². The zero-order chi connectivity index (χ0) is 19.3. The molecule has 0 saturated carbocycles. The van der Waals surface area contributed by atoms with Crippen molar-refractivity contribution >= 4 is 16.0 Å². The third kappa shape index (κ3) is 4.42. The second-order valence-corrected chi connectivity index (χ2v) is 7.51. The van der Waals surface area contributed by atoms with Crippen molar-refractivity contribution in [3.05, 3.63) is 59.2 Å². The number of ether oxygens (including phenoxy) is 2. The van der Waals surface area contributed by atoms with Crippen LogP contribution in [0.25, 0.3) is 0 Å². The minimum Gasteiger partial charge on any atom is -0.497 e. The van der Waals surface area contributed by atoms with Crippen molar-refractivity contribution in [2.24, 2.45) is 0 Å². The van der Waals surface area contributed by atoms with E-state index >= 15 is 0 Å². The molecular weight excluding hydrogens is 354 g/mol. The average Bonchev–Trinajstić information content (AvgIpc) is 2.65. The summed E-state index contributed by atoms with van der Waals surface area (Å²) >= 11 is 0. The Morgan fingerprint density at radius 1 is 1.12 bits per heavy atom. The van der Waals surface area contributed by atoms with Crippen LogP contribution in [0.1, 0.15) is 40.9 Å². The van der Waals surface area contributed by atoms with Crippen molar-refractivity contribution in [1.29, 1.82) is 0 Å². The molecule has 2 aromatic rings. The standard InChI is InChI=1S/C19H23NO5S/c1-5-17(14-8-10-16(24-3)11-9-14)20-26(22,23)18-12-15(19(21)25-4)7-6-13(18)2/h6-12,17,20H,5H2,1-4H3/t17-/m0/s1. The molecule has 2 aromatic carbocycles. The van der Waals surface area contributed by atoms with Gasteiger partial charge < -0.3 is 9.47 Å². The fourth-order valence-electron chi connectivity index (χ4n) is 2.61. The highest BCUT2D eigenvalue weighted by Crippen LogP contribution is 2.24. The van der Waals surface area contributed by atoms with Gasteiger partial charge >= 0.3 is 5.97 Å². The maximum Gasteiger partial charge on any atom is 0.337 e. The quantitative estimate of drug-likeness (QED) is 0.749. The van der Waals surface area contributed by atoms with Crippen LogP contribution in [-0.2, 0) is 14.8 Å². The van der Waals surface area contributed by atoms with E-state index in [1.54, 1.807) is 38.3 Å². The number of esters is 1. The van der Waals surface area contributed by atoms with E-state index in [-0.39, 0.29) is 10.5 Å². The van der Waals surface area contributed by atoms with Gasteiger partial charge in [-0.3, -0.25) is 0 Å². The molecule has 0 bridgehead atoms. The molecule has 7 heteroatoms. The third-order valence-corrected chi connectivity index (χ3v) is 5.74. The van der Waals surface area contributed by atoms with Gasteiger partial charge in [0.15, 0.2) is 0 Å². The van der Waals surface area contributed by atoms with Crippen LogP contribution in [-0.4, -0.2) is 28.6 Å². The van der Waals surface area contributed by atoms with Gasteiger partial charge in [-0.05, 0) is 48.7 Å². The van der Waals surface area contributed by atoms with Crippen LogP contribution in [0.15, 0.2) is 47.4 Å². The Kier molecular flexibility index (Phi) is 6.39. The summed E-state index contributed by atoms with van der Waals surface area (Å²) in [5.74, 6) is 0.122. The summed E-state index contributed by atoms with van der Waals surface area (Å²) in [6.45, 7) is 3.58. The summed E-state index contributed by atoms with van der Waals surface area (Å²) < 4.78 is 38.3. The molecule has 0 radical (unpaired) electrons. The number of hydrogen-bond acceptors (Lipinski definition) is 5. The summed E-state index contributed by atoms with van der Waals surface area (Å²) in [6.07, 6.45) is 0.571. The van der Waals surface area contributed by atoms with Crippen molar-refractivity contribution in [3.8, 4) is 5.75 Å². The molecule has 0 aromatic heterocycles. The molecule has 2 rings (SSSR count). The molecule has 1 N–H and O–H groups in total. The van der Waals surface area contributed by atoms with E-state index in [0.717, 1.165) is 5.56 Å². The Balaban J connectivity index is 2.35. The van der Waals surface area contributed by atoms with Gasteiger partial charge in [0, 0.05) is 6.04 Å². The van der Waals surface area contributed by atoms with E-state index < -0.39 is 22.0 Å². The van der Waals surface area contributed by atoms with Crippen LogP contribution in [0, 0.1) is 6.92 Å². The lowest BCUT2D eigenvalue weighted by molar-refractivity contribution is 0.0600. The minimum absolute atomic E-state index is 0.0624. The number of aryl methyl sites for hydroxylation is 1. The van der Waals surface area contributed by atoms with Crippen LogP contribution in [0.5, 0.6) is 5.75 Å². The molecule has 0 unspecified atom stereocenters. The van der Waals surface area contributed by atoms with Gasteiger partial charge in [0.05, 0.1) is 24.7 Å². The van der Waals surface area contributed by atoms with Crippen molar-refractivity contribution in [3.63, 3.8) is 0 Å². The molecule has 0 saturated heterocycles. The lowest BCUT2D eigenvalue weighted by Crippen LogP contribution is -2.29. The number of carbonyl (C=O) groups excluding carboxylic acids is 1. The summed E-state index contributed by atoms with van der Waals surface area (Å²) in [4.78, 5) is 11.8. The summed E-state index contributed by atoms with van der Waals surface area (Å²) in [5.41, 5.74) is 1.57. The van der Waals surface area contributed by atoms with Crippen molar-refractivity contribution in [1.82, 2.24) is 4.72 Å². The van der Waals surface area contributed by atoms with Crippen LogP contribution >= 0.6 is 0 Å². The minimum atomic E-state index is -3.82. The smallest absolute Gasteiger partial charge is 0.337 e. The first-order valence-electron chi connectivity index (χ1n) is 8.17. The summed E-state index contributed by atoms with van der Waals surface area (Å²) in [5, 5.41) is 0. The van der Waals surface area contributed by atoms with Gasteiger partial charge in [-0.15, -0.1) is 0 Å². The summed E-state index contributed by atoms with van der Waals surface area (Å²) in [6, 6.07) is 11.3. The Bertz CT molecular complexity index is 875. The molecule has 0 aliphatic carbocycles. The topological polar surface area (TPSA) is 81.7 Å². The van der Waals surface area contributed by atoms with Gasteiger partial charge in [-0.2, -0.15) is 0 Å². The number of nitrogens with one attached hydrogen (secondary N) is 1. The van der Waals surface area contributed by atoms with E-state index in [1.807, 2.05) is 19.1 Å². The van der Waals surface area contributed by atoms with E-state index in [4.69, 9.17) is 4.74 Å². The number of benzene rings is 2. The first-order chi connectivity index (χ1) is 12.3. The van der Waals surface area contributed by atoms with Crippen molar-refractivity contribution in [2.45, 2.75) is 31.2 Å². The van der Waals surface area contributed by atoms with Crippen LogP contribution in [0.2, 0.25) is 0 Å². The number of rotatable bonds is 7. The van der Waals surface area contributed by atoms with E-state index in [2.05, 4.69) is 9.46 Å². The fraction of sp³-hybridized carbons (Fsp3) is 0.316. The zero-order valence-electron chi connectivity index (χ0n) is 15.3. The zero-order valence-corrected chi connectivity index (χ0v) is 16.1. The largest absolute Gasteiger partial charge is 0.497 e. The molecule has 6 nitrogen and oxygen atoms in total. The van der Waals surface area contributed by atoms with Gasteiger partial charge in [0.1, 0.15) is 5.75 Å². The summed E-state index contributed by atoms with van der Waals surface area (Å²) in [7, 11) is -0.989. The highest BCUT2D eigenvalue weighted by atomic mass is 32.2. The Morgan fingerprint density at radius 3 is 2.31 bits per heavy atom. The highest BCUT2D eigenvalue weighted by Gasteiger charge is 2.23. The van der Waals surface area contributed by atoms with Gasteiger partial charge in [0.25, 0.3) is 0 Å². The maximum atomic E-state index is 12.9. The van der Waals surface area contributed by atoms with Crippen molar-refractivity contribution < 1.29 is 22.7 Å². The Labute approximate surface area is 154 Å². The van der Waals surface area contributed by atoms with Gasteiger partial charge in [0.2, 0.25) is 10.0 Å². The van der Waals surface area contributed by atoms with Crippen molar-refractivity contribution in [2.75, 3.05) is 14.2 Å². The van der Waals surface area contributed by atoms with Gasteiger partial charge in [-0.25, -0.2) is 17.9 Å². The lowest BCUT2D eigenvalue weighted by atomic mass is 10.1. The first kappa shape index (κ1) is 19.9. The number of sulfonamides is 1. The lowest BCUT2D eigenvalue weighted by Gasteiger charge is -2.19. The second-order valence-electron chi connectivity index (χ2n) is 5.83. The highest BCUT2D eigenvalue weighted by molar-refractivity contribution is 7.89. The molecule has 26 heavy (non-hydrogen) atoms. The molecule has 0 spiro atoms. The van der Waals surface area contributed by atoms with E-state index in [9.17, 15) is 13.2 Å². The number of methoxy groups -OCH3 is 2. The normalized spacial score (nSPS) is 12.5. The van der Waals surface area contributed by atoms with Crippen LogP contribution in [0.3, 0.4) is 0 Å². The maximum absolute atomic E-state index is 12.9. The first-order valence-corrected chi connectivity index (χ1v) is 9.66. The van der Waals surface area contributed by atoms with Crippen LogP contribution in [0.4, 0.5) is 0 Å². The average molecular weight is 377 g/mol. The molecule has 0 fully saturated rings. The molecule has 0 aliphatic rings. The monoisotopic (exact) mass is 377 g/mol. The Morgan fingerprint density at radius 2 is 1.77 bits per heavy atom. The predicted octanol–water partition coefficient (Wildman–Crippen LogP) is 3.22. The van der Waals surface area contributed by atoms with E-state index in [0.29, 0.717) is 17.7 Å². The Hall–Kier alpha value is -2.38.